The molecule has 0 radical (unpaired) electrons. The van der Waals surface area contributed by atoms with Crippen LogP contribution in [-0.2, 0) is 12.7 Å². The fourth-order valence-electron chi connectivity index (χ4n) is 1.53. The first-order valence-corrected chi connectivity index (χ1v) is 6.07. The number of hydrogen-bond donors (Lipinski definition) is 1. The van der Waals surface area contributed by atoms with Crippen LogP contribution in [0.25, 0.3) is 10.6 Å². The molecule has 2 rings (SSSR count). The molecule has 2 aromatic rings. The Labute approximate surface area is 106 Å². The lowest BCUT2D eigenvalue weighted by Gasteiger charge is -2.03. The van der Waals surface area contributed by atoms with Crippen molar-refractivity contribution in [1.82, 2.24) is 4.98 Å². The van der Waals surface area contributed by atoms with E-state index in [0.717, 1.165) is 16.9 Å². The molecule has 1 aromatic heterocycles. The van der Waals surface area contributed by atoms with E-state index in [1.165, 1.54) is 0 Å². The average Bonchev–Trinajstić information content (AvgIpc) is 2.73. The highest BCUT2D eigenvalue weighted by Gasteiger charge is 2.37. The van der Waals surface area contributed by atoms with Crippen molar-refractivity contribution in [3.63, 3.8) is 0 Å². The third-order valence-electron chi connectivity index (χ3n) is 2.45. The molecule has 0 fully saturated rings. The zero-order valence-corrected chi connectivity index (χ0v) is 10.4. The molecule has 1 aromatic carbocycles. The molecule has 0 amide bonds. The fraction of sp³-hybridized carbons (Fsp3) is 0.250. The molecule has 0 spiro atoms. The number of rotatable bonds is 2. The Morgan fingerprint density at radius 1 is 1.22 bits per heavy atom. The number of nitrogens with two attached hydrogens (primary N) is 1. The molecular formula is C12H11F3N2S. The van der Waals surface area contributed by atoms with Gasteiger partial charge in [-0.25, -0.2) is 4.98 Å². The van der Waals surface area contributed by atoms with Crippen LogP contribution in [0.3, 0.4) is 0 Å². The number of benzene rings is 1. The first kappa shape index (κ1) is 13.0. The Morgan fingerprint density at radius 2 is 1.83 bits per heavy atom. The minimum atomic E-state index is -4.45. The number of aromatic nitrogens is 1. The Bertz CT molecular complexity index is 543. The van der Waals surface area contributed by atoms with E-state index >= 15 is 0 Å². The van der Waals surface area contributed by atoms with Crippen molar-refractivity contribution in [1.29, 1.82) is 0 Å². The Morgan fingerprint density at radius 3 is 2.28 bits per heavy atom. The van der Waals surface area contributed by atoms with Crippen LogP contribution in [-0.4, -0.2) is 4.98 Å². The van der Waals surface area contributed by atoms with Crippen LogP contribution >= 0.6 is 11.3 Å². The molecule has 2 nitrogen and oxygen atoms in total. The zero-order valence-electron chi connectivity index (χ0n) is 9.58. The standard InChI is InChI=1S/C12H11F3N2S/c1-7-2-4-8(5-3-7)11-17-10(12(13,14)15)9(6-16)18-11/h2-5H,6,16H2,1H3. The summed E-state index contributed by atoms with van der Waals surface area (Å²) in [6, 6.07) is 7.20. The molecule has 0 aliphatic heterocycles. The van der Waals surface area contributed by atoms with Gasteiger partial charge in [0.2, 0.25) is 0 Å². The van der Waals surface area contributed by atoms with Crippen LogP contribution < -0.4 is 5.73 Å². The number of alkyl halides is 3. The van der Waals surface area contributed by atoms with Gasteiger partial charge < -0.3 is 5.73 Å². The molecule has 0 aliphatic carbocycles. The molecular weight excluding hydrogens is 261 g/mol. The minimum Gasteiger partial charge on any atom is -0.326 e. The molecule has 0 bridgehead atoms. The molecule has 0 saturated heterocycles. The lowest BCUT2D eigenvalue weighted by Crippen LogP contribution is -2.10. The predicted molar refractivity (Wildman–Crippen MR) is 65.2 cm³/mol. The molecule has 6 heteroatoms. The first-order valence-electron chi connectivity index (χ1n) is 5.26. The van der Waals surface area contributed by atoms with Crippen molar-refractivity contribution in [3.05, 3.63) is 40.4 Å². The van der Waals surface area contributed by atoms with Gasteiger partial charge in [0.1, 0.15) is 5.01 Å². The smallest absolute Gasteiger partial charge is 0.326 e. The van der Waals surface area contributed by atoms with Crippen LogP contribution in [0.1, 0.15) is 16.1 Å². The van der Waals surface area contributed by atoms with Crippen LogP contribution in [0.15, 0.2) is 24.3 Å². The maximum absolute atomic E-state index is 12.7. The highest BCUT2D eigenvalue weighted by molar-refractivity contribution is 7.15. The summed E-state index contributed by atoms with van der Waals surface area (Å²) in [6.07, 6.45) is -4.45. The van der Waals surface area contributed by atoms with Gasteiger partial charge in [-0.05, 0) is 6.92 Å². The Hall–Kier alpha value is -1.40. The summed E-state index contributed by atoms with van der Waals surface area (Å²) in [7, 11) is 0. The van der Waals surface area contributed by atoms with Gasteiger partial charge in [0, 0.05) is 12.1 Å². The molecule has 0 atom stereocenters. The maximum atomic E-state index is 12.7. The van der Waals surface area contributed by atoms with Crippen molar-refractivity contribution in [3.8, 4) is 10.6 Å². The van der Waals surface area contributed by atoms with Crippen molar-refractivity contribution < 1.29 is 13.2 Å². The van der Waals surface area contributed by atoms with E-state index in [0.29, 0.717) is 10.6 Å². The van der Waals surface area contributed by atoms with Gasteiger partial charge in [-0.1, -0.05) is 29.8 Å². The van der Waals surface area contributed by atoms with Gasteiger partial charge in [0.15, 0.2) is 5.69 Å². The highest BCUT2D eigenvalue weighted by atomic mass is 32.1. The van der Waals surface area contributed by atoms with E-state index in [4.69, 9.17) is 5.73 Å². The highest BCUT2D eigenvalue weighted by Crippen LogP contribution is 2.37. The van der Waals surface area contributed by atoms with E-state index in [1.54, 1.807) is 12.1 Å². The molecule has 0 saturated carbocycles. The summed E-state index contributed by atoms with van der Waals surface area (Å²) in [4.78, 5) is 3.73. The third kappa shape index (κ3) is 2.54. The van der Waals surface area contributed by atoms with Crippen molar-refractivity contribution in [2.75, 3.05) is 0 Å². The van der Waals surface area contributed by atoms with Gasteiger partial charge in [-0.2, -0.15) is 13.2 Å². The lowest BCUT2D eigenvalue weighted by molar-refractivity contribution is -0.141. The van der Waals surface area contributed by atoms with Gasteiger partial charge >= 0.3 is 6.18 Å². The van der Waals surface area contributed by atoms with E-state index in [1.807, 2.05) is 19.1 Å². The summed E-state index contributed by atoms with van der Waals surface area (Å²) in [5.74, 6) is 0. The topological polar surface area (TPSA) is 38.9 Å². The maximum Gasteiger partial charge on any atom is 0.434 e. The van der Waals surface area contributed by atoms with Gasteiger partial charge in [0.05, 0.1) is 4.88 Å². The van der Waals surface area contributed by atoms with Crippen LogP contribution in [0, 0.1) is 6.92 Å². The molecule has 18 heavy (non-hydrogen) atoms. The van der Waals surface area contributed by atoms with Gasteiger partial charge in [0.25, 0.3) is 0 Å². The van der Waals surface area contributed by atoms with Crippen molar-refractivity contribution in [2.24, 2.45) is 5.73 Å². The normalized spacial score (nSPS) is 11.8. The largest absolute Gasteiger partial charge is 0.434 e. The monoisotopic (exact) mass is 272 g/mol. The first-order chi connectivity index (χ1) is 8.41. The van der Waals surface area contributed by atoms with Crippen molar-refractivity contribution >= 4 is 11.3 Å². The van der Waals surface area contributed by atoms with E-state index < -0.39 is 11.9 Å². The molecule has 0 aliphatic rings. The quantitative estimate of drug-likeness (QED) is 0.907. The van der Waals surface area contributed by atoms with Gasteiger partial charge in [-0.3, -0.25) is 0 Å². The fourth-order valence-corrected chi connectivity index (χ4v) is 2.50. The van der Waals surface area contributed by atoms with E-state index in [9.17, 15) is 13.2 Å². The second-order valence-electron chi connectivity index (χ2n) is 3.86. The summed E-state index contributed by atoms with van der Waals surface area (Å²) in [5, 5.41) is 0.350. The van der Waals surface area contributed by atoms with E-state index in [2.05, 4.69) is 4.98 Å². The number of halogens is 3. The predicted octanol–water partition coefficient (Wildman–Crippen LogP) is 3.60. The summed E-state index contributed by atoms with van der Waals surface area (Å²) >= 11 is 0.989. The number of aryl methyl sites for hydroxylation is 1. The van der Waals surface area contributed by atoms with Gasteiger partial charge in [-0.15, -0.1) is 11.3 Å². The molecule has 96 valence electrons. The number of hydrogen-bond acceptors (Lipinski definition) is 3. The van der Waals surface area contributed by atoms with Crippen molar-refractivity contribution in [2.45, 2.75) is 19.6 Å². The lowest BCUT2D eigenvalue weighted by atomic mass is 10.2. The summed E-state index contributed by atoms with van der Waals surface area (Å²) < 4.78 is 38.2. The number of thiazole rings is 1. The minimum absolute atomic E-state index is 0.0677. The summed E-state index contributed by atoms with van der Waals surface area (Å²) in [6.45, 7) is 1.76. The van der Waals surface area contributed by atoms with Crippen LogP contribution in [0.2, 0.25) is 0 Å². The Balaban J connectivity index is 2.47. The second-order valence-corrected chi connectivity index (χ2v) is 4.94. The third-order valence-corrected chi connectivity index (χ3v) is 3.58. The van der Waals surface area contributed by atoms with Crippen LogP contribution in [0.4, 0.5) is 13.2 Å². The molecule has 0 unspecified atom stereocenters. The van der Waals surface area contributed by atoms with Crippen LogP contribution in [0.5, 0.6) is 0 Å². The number of nitrogens with zero attached hydrogens (tertiary/aromatic N) is 1. The average molecular weight is 272 g/mol. The SMILES string of the molecule is Cc1ccc(-c2nc(C(F)(F)F)c(CN)s2)cc1. The summed E-state index contributed by atoms with van der Waals surface area (Å²) in [5.41, 5.74) is 6.19. The molecule has 2 N–H and O–H groups in total. The molecule has 1 heterocycles. The second kappa shape index (κ2) is 4.70. The Kier molecular flexibility index (Phi) is 3.41. The van der Waals surface area contributed by atoms with E-state index in [-0.39, 0.29) is 11.4 Å². The zero-order chi connectivity index (χ0) is 13.3.